The zero-order chi connectivity index (χ0) is 16.6. The lowest BCUT2D eigenvalue weighted by Gasteiger charge is -2.17. The Morgan fingerprint density at radius 1 is 0.917 bits per heavy atom. The summed E-state index contributed by atoms with van der Waals surface area (Å²) in [6, 6.07) is 22.6. The molecule has 3 aromatic rings. The molecule has 3 rings (SSSR count). The summed E-state index contributed by atoms with van der Waals surface area (Å²) < 4.78 is 0. The van der Waals surface area contributed by atoms with Crippen molar-refractivity contribution in [3.63, 3.8) is 0 Å². The highest BCUT2D eigenvalue weighted by atomic mass is 15.2. The second-order valence-electron chi connectivity index (χ2n) is 5.65. The molecule has 1 heterocycles. The van der Waals surface area contributed by atoms with Crippen LogP contribution in [0, 0.1) is 0 Å². The third kappa shape index (κ3) is 4.32. The Hall–Kier alpha value is -2.88. The molecule has 0 fully saturated rings. The molecule has 0 radical (unpaired) electrons. The SMILES string of the molecule is CN(c1ccccc1)c1nccc(NCCCc2ccccc2)n1. The number of benzene rings is 2. The van der Waals surface area contributed by atoms with Crippen molar-refractivity contribution in [1.29, 1.82) is 0 Å². The van der Waals surface area contributed by atoms with Crippen molar-refractivity contribution in [1.82, 2.24) is 9.97 Å². The van der Waals surface area contributed by atoms with Gasteiger partial charge in [-0.2, -0.15) is 4.98 Å². The molecule has 0 spiro atoms. The number of aryl methyl sites for hydroxylation is 1. The minimum Gasteiger partial charge on any atom is -0.370 e. The van der Waals surface area contributed by atoms with Gasteiger partial charge < -0.3 is 10.2 Å². The number of hydrogen-bond donors (Lipinski definition) is 1. The van der Waals surface area contributed by atoms with E-state index in [1.807, 2.05) is 54.4 Å². The average Bonchev–Trinajstić information content (AvgIpc) is 2.66. The van der Waals surface area contributed by atoms with Gasteiger partial charge >= 0.3 is 0 Å². The summed E-state index contributed by atoms with van der Waals surface area (Å²) >= 11 is 0. The standard InChI is InChI=1S/C20H22N4/c1-24(18-12-6-3-7-13-18)20-22-16-14-19(23-20)21-15-8-11-17-9-4-2-5-10-17/h2-7,9-10,12-14,16H,8,11,15H2,1H3,(H,21,22,23). The Morgan fingerprint density at radius 3 is 2.38 bits per heavy atom. The van der Waals surface area contributed by atoms with Gasteiger partial charge in [-0.05, 0) is 36.6 Å². The summed E-state index contributed by atoms with van der Waals surface area (Å²) in [6.45, 7) is 0.889. The van der Waals surface area contributed by atoms with Crippen LogP contribution in [0.3, 0.4) is 0 Å². The van der Waals surface area contributed by atoms with Gasteiger partial charge in [0.15, 0.2) is 0 Å². The summed E-state index contributed by atoms with van der Waals surface area (Å²) in [4.78, 5) is 10.9. The zero-order valence-electron chi connectivity index (χ0n) is 13.9. The molecule has 1 N–H and O–H groups in total. The van der Waals surface area contributed by atoms with E-state index in [0.29, 0.717) is 5.95 Å². The third-order valence-electron chi connectivity index (χ3n) is 3.88. The maximum atomic E-state index is 4.60. The molecular formula is C20H22N4. The number of para-hydroxylation sites is 1. The molecule has 1 aromatic heterocycles. The Balaban J connectivity index is 1.55. The normalized spacial score (nSPS) is 10.4. The van der Waals surface area contributed by atoms with E-state index in [4.69, 9.17) is 0 Å². The van der Waals surface area contributed by atoms with Gasteiger partial charge in [-0.15, -0.1) is 0 Å². The topological polar surface area (TPSA) is 41.1 Å². The van der Waals surface area contributed by atoms with Crippen molar-refractivity contribution >= 4 is 17.5 Å². The summed E-state index contributed by atoms with van der Waals surface area (Å²) in [7, 11) is 1.98. The second kappa shape index (κ2) is 8.11. The van der Waals surface area contributed by atoms with Crippen LogP contribution in [-0.4, -0.2) is 23.6 Å². The van der Waals surface area contributed by atoms with Crippen LogP contribution in [0.15, 0.2) is 72.9 Å². The van der Waals surface area contributed by atoms with E-state index in [1.54, 1.807) is 6.20 Å². The quantitative estimate of drug-likeness (QED) is 0.660. The van der Waals surface area contributed by atoms with E-state index in [2.05, 4.69) is 39.6 Å². The molecule has 2 aromatic carbocycles. The van der Waals surface area contributed by atoms with Gasteiger partial charge in [-0.3, -0.25) is 0 Å². The van der Waals surface area contributed by atoms with Gasteiger partial charge in [-0.1, -0.05) is 48.5 Å². The minimum atomic E-state index is 0.689. The average molecular weight is 318 g/mol. The van der Waals surface area contributed by atoms with Crippen LogP contribution in [0.5, 0.6) is 0 Å². The first-order chi connectivity index (χ1) is 11.8. The number of hydrogen-bond acceptors (Lipinski definition) is 4. The predicted octanol–water partition coefficient (Wildman–Crippen LogP) is 4.29. The fourth-order valence-corrected chi connectivity index (χ4v) is 2.53. The van der Waals surface area contributed by atoms with Gasteiger partial charge in [-0.25, -0.2) is 4.98 Å². The van der Waals surface area contributed by atoms with E-state index in [1.165, 1.54) is 5.56 Å². The van der Waals surface area contributed by atoms with Gasteiger partial charge in [0, 0.05) is 25.5 Å². The molecule has 0 aliphatic heterocycles. The van der Waals surface area contributed by atoms with Crippen molar-refractivity contribution in [3.8, 4) is 0 Å². The molecule has 4 nitrogen and oxygen atoms in total. The molecule has 0 unspecified atom stereocenters. The Labute approximate surface area is 143 Å². The Bertz CT molecular complexity index is 744. The lowest BCUT2D eigenvalue weighted by atomic mass is 10.1. The second-order valence-corrected chi connectivity index (χ2v) is 5.65. The molecule has 0 amide bonds. The number of rotatable bonds is 7. The third-order valence-corrected chi connectivity index (χ3v) is 3.88. The maximum Gasteiger partial charge on any atom is 0.231 e. The molecule has 0 aliphatic carbocycles. The van der Waals surface area contributed by atoms with Crippen LogP contribution < -0.4 is 10.2 Å². The lowest BCUT2D eigenvalue weighted by Crippen LogP contribution is -2.14. The fourth-order valence-electron chi connectivity index (χ4n) is 2.53. The fraction of sp³-hybridized carbons (Fsp3) is 0.200. The molecular weight excluding hydrogens is 296 g/mol. The van der Waals surface area contributed by atoms with Crippen LogP contribution in [0.1, 0.15) is 12.0 Å². The molecule has 0 bridgehead atoms. The largest absolute Gasteiger partial charge is 0.370 e. The summed E-state index contributed by atoms with van der Waals surface area (Å²) in [5, 5.41) is 3.38. The molecule has 4 heteroatoms. The van der Waals surface area contributed by atoms with E-state index >= 15 is 0 Å². The molecule has 24 heavy (non-hydrogen) atoms. The van der Waals surface area contributed by atoms with Crippen LogP contribution >= 0.6 is 0 Å². The van der Waals surface area contributed by atoms with E-state index in [0.717, 1.165) is 30.9 Å². The van der Waals surface area contributed by atoms with Gasteiger partial charge in [0.05, 0.1) is 0 Å². The minimum absolute atomic E-state index is 0.689. The smallest absolute Gasteiger partial charge is 0.231 e. The van der Waals surface area contributed by atoms with Crippen molar-refractivity contribution in [2.75, 3.05) is 23.8 Å². The van der Waals surface area contributed by atoms with Crippen molar-refractivity contribution in [3.05, 3.63) is 78.5 Å². The Morgan fingerprint density at radius 2 is 1.62 bits per heavy atom. The van der Waals surface area contributed by atoms with Gasteiger partial charge in [0.1, 0.15) is 5.82 Å². The maximum absolute atomic E-state index is 4.60. The van der Waals surface area contributed by atoms with Gasteiger partial charge in [0.25, 0.3) is 0 Å². The number of nitrogens with zero attached hydrogens (tertiary/aromatic N) is 3. The predicted molar refractivity (Wildman–Crippen MR) is 99.8 cm³/mol. The first-order valence-electron chi connectivity index (χ1n) is 8.22. The molecule has 0 atom stereocenters. The number of aromatic nitrogens is 2. The summed E-state index contributed by atoms with van der Waals surface area (Å²) in [6.07, 6.45) is 3.93. The van der Waals surface area contributed by atoms with Crippen molar-refractivity contribution < 1.29 is 0 Å². The first kappa shape index (κ1) is 16.0. The molecule has 0 aliphatic rings. The van der Waals surface area contributed by atoms with Crippen molar-refractivity contribution in [2.45, 2.75) is 12.8 Å². The monoisotopic (exact) mass is 318 g/mol. The van der Waals surface area contributed by atoms with Gasteiger partial charge in [0.2, 0.25) is 5.95 Å². The highest BCUT2D eigenvalue weighted by Gasteiger charge is 2.07. The molecule has 122 valence electrons. The number of anilines is 3. The number of nitrogens with one attached hydrogen (secondary N) is 1. The molecule has 0 saturated carbocycles. The zero-order valence-corrected chi connectivity index (χ0v) is 13.9. The summed E-state index contributed by atoms with van der Waals surface area (Å²) in [5.74, 6) is 1.55. The van der Waals surface area contributed by atoms with Crippen LogP contribution in [-0.2, 0) is 6.42 Å². The van der Waals surface area contributed by atoms with E-state index in [-0.39, 0.29) is 0 Å². The first-order valence-corrected chi connectivity index (χ1v) is 8.22. The highest BCUT2D eigenvalue weighted by Crippen LogP contribution is 2.20. The van der Waals surface area contributed by atoms with Crippen LogP contribution in [0.4, 0.5) is 17.5 Å². The van der Waals surface area contributed by atoms with Crippen LogP contribution in [0.2, 0.25) is 0 Å². The van der Waals surface area contributed by atoms with Crippen LogP contribution in [0.25, 0.3) is 0 Å². The lowest BCUT2D eigenvalue weighted by molar-refractivity contribution is 0.857. The molecule has 0 saturated heterocycles. The Kier molecular flexibility index (Phi) is 5.40. The van der Waals surface area contributed by atoms with E-state index in [9.17, 15) is 0 Å². The van der Waals surface area contributed by atoms with E-state index < -0.39 is 0 Å². The van der Waals surface area contributed by atoms with Crippen molar-refractivity contribution in [2.24, 2.45) is 0 Å². The highest BCUT2D eigenvalue weighted by molar-refractivity contribution is 5.57. The summed E-state index contributed by atoms with van der Waals surface area (Å²) in [5.41, 5.74) is 2.44.